The molecule has 0 aromatic heterocycles. The van der Waals surface area contributed by atoms with Gasteiger partial charge in [0.1, 0.15) is 17.9 Å². The van der Waals surface area contributed by atoms with Crippen LogP contribution in [0.4, 0.5) is 8.78 Å². The fourth-order valence-corrected chi connectivity index (χ4v) is 9.56. The first-order valence-corrected chi connectivity index (χ1v) is 27.0. The number of piperidine rings is 2. The third kappa shape index (κ3) is 19.8. The zero-order valence-electron chi connectivity index (χ0n) is 47.3. The Morgan fingerprint density at radius 2 is 0.939 bits per heavy atom. The van der Waals surface area contributed by atoms with Gasteiger partial charge >= 0.3 is 17.9 Å². The first-order valence-electron chi connectivity index (χ1n) is 27.0. The van der Waals surface area contributed by atoms with Gasteiger partial charge in [0.05, 0.1) is 46.2 Å². The number of para-hydroxylation sites is 2. The molecule has 2 aliphatic heterocycles. The molecule has 2 saturated heterocycles. The van der Waals surface area contributed by atoms with Crippen LogP contribution in [0, 0.1) is 37.3 Å². The molecule has 6 aromatic rings. The third-order valence-electron chi connectivity index (χ3n) is 14.4. The SMILES string of the molecule is COc1cccc([C@H](O)C2CCN(CCc3ccc(F)cc3)CC2)c1OC.COc1cccc([C@H](O)C2CCN(CCc3ccc(F)cc3)CC2)c1OC.Cc1ccc(C(=O)O[C@H](C(=O)O)[C@H](O)C(=O)O)cc1.Cc1ccc(C=O)cc1. The second kappa shape index (κ2) is 33.2. The Kier molecular flexibility index (Phi) is 26.4. The number of halogens is 2. The van der Waals surface area contributed by atoms with Crippen molar-refractivity contribution in [2.24, 2.45) is 11.8 Å². The highest BCUT2D eigenvalue weighted by Crippen LogP contribution is 2.41. The molecule has 0 bridgehead atoms. The molecule has 0 spiro atoms. The zero-order valence-corrected chi connectivity index (χ0v) is 47.3. The van der Waals surface area contributed by atoms with E-state index in [2.05, 4.69) is 14.5 Å². The number of aliphatic hydroxyl groups is 3. The van der Waals surface area contributed by atoms with Gasteiger partial charge in [-0.2, -0.15) is 0 Å². The van der Waals surface area contributed by atoms with Crippen molar-refractivity contribution in [3.63, 3.8) is 0 Å². The van der Waals surface area contributed by atoms with Crippen LogP contribution in [-0.4, -0.2) is 139 Å². The number of rotatable bonds is 20. The van der Waals surface area contributed by atoms with Gasteiger partial charge in [-0.25, -0.2) is 23.2 Å². The van der Waals surface area contributed by atoms with Crippen LogP contribution in [0.15, 0.2) is 133 Å². The van der Waals surface area contributed by atoms with Crippen LogP contribution in [-0.2, 0) is 27.2 Å². The van der Waals surface area contributed by atoms with E-state index in [4.69, 9.17) is 34.3 Å². The number of likely N-dealkylation sites (tertiary alicyclic amines) is 2. The Bertz CT molecular complexity index is 2780. The van der Waals surface area contributed by atoms with Crippen LogP contribution < -0.4 is 18.9 Å². The average molecular weight is 1140 g/mol. The summed E-state index contributed by atoms with van der Waals surface area (Å²) in [5, 5.41) is 48.2. The van der Waals surface area contributed by atoms with E-state index in [1.54, 1.807) is 47.5 Å². The van der Waals surface area contributed by atoms with E-state index in [1.165, 1.54) is 42.0 Å². The maximum absolute atomic E-state index is 13.0. The summed E-state index contributed by atoms with van der Waals surface area (Å²) < 4.78 is 52.1. The largest absolute Gasteiger partial charge is 0.493 e. The molecule has 0 saturated carbocycles. The van der Waals surface area contributed by atoms with Crippen LogP contribution in [0.2, 0.25) is 0 Å². The van der Waals surface area contributed by atoms with Gasteiger partial charge in [0.15, 0.2) is 29.1 Å². The topological polar surface area (TPSA) is 222 Å². The van der Waals surface area contributed by atoms with Gasteiger partial charge in [0.2, 0.25) is 6.10 Å². The van der Waals surface area contributed by atoms with Crippen molar-refractivity contribution in [2.45, 2.75) is 76.8 Å². The molecule has 2 fully saturated rings. The van der Waals surface area contributed by atoms with E-state index < -0.39 is 42.3 Å². The molecule has 0 unspecified atom stereocenters. The van der Waals surface area contributed by atoms with Crippen LogP contribution in [0.3, 0.4) is 0 Å². The summed E-state index contributed by atoms with van der Waals surface area (Å²) in [6.45, 7) is 9.51. The minimum absolute atomic E-state index is 0.0643. The number of carboxylic acids is 2. The summed E-state index contributed by atoms with van der Waals surface area (Å²) in [6.07, 6.45) is 0.807. The van der Waals surface area contributed by atoms with Crippen molar-refractivity contribution in [3.8, 4) is 23.0 Å². The van der Waals surface area contributed by atoms with Gasteiger partial charge in [-0.1, -0.05) is 96.1 Å². The lowest BCUT2D eigenvalue weighted by atomic mass is 9.87. The maximum Gasteiger partial charge on any atom is 0.348 e. The molecule has 5 N–H and O–H groups in total. The Morgan fingerprint density at radius 1 is 0.549 bits per heavy atom. The number of methoxy groups -OCH3 is 4. The normalized spacial score (nSPS) is 15.2. The molecule has 8 rings (SSSR count). The number of nitrogens with zero attached hydrogens (tertiary/aromatic N) is 2. The smallest absolute Gasteiger partial charge is 0.348 e. The number of ether oxygens (including phenoxy) is 5. The molecule has 2 aliphatic rings. The van der Waals surface area contributed by atoms with E-state index in [1.807, 2.05) is 91.9 Å². The molecule has 440 valence electrons. The summed E-state index contributed by atoms with van der Waals surface area (Å²) >= 11 is 0. The van der Waals surface area contributed by atoms with Crippen molar-refractivity contribution in [3.05, 3.63) is 190 Å². The second-order valence-electron chi connectivity index (χ2n) is 20.0. The number of carbonyl (C=O) groups is 4. The molecule has 82 heavy (non-hydrogen) atoms. The van der Waals surface area contributed by atoms with Gasteiger partial charge in [0, 0.05) is 29.8 Å². The number of benzene rings is 6. The minimum atomic E-state index is -2.33. The number of hydrogen-bond donors (Lipinski definition) is 5. The van der Waals surface area contributed by atoms with Crippen LogP contribution in [0.5, 0.6) is 23.0 Å². The molecule has 18 heteroatoms. The molecule has 0 aliphatic carbocycles. The number of esters is 1. The number of aldehydes is 1. The van der Waals surface area contributed by atoms with Crippen molar-refractivity contribution in [1.82, 2.24) is 9.80 Å². The fourth-order valence-electron chi connectivity index (χ4n) is 9.56. The number of carboxylic acid groups (broad SMARTS) is 2. The summed E-state index contributed by atoms with van der Waals surface area (Å²) in [6, 6.07) is 38.2. The molecule has 2 heterocycles. The van der Waals surface area contributed by atoms with Gasteiger partial charge in [-0.3, -0.25) is 4.79 Å². The number of aryl methyl sites for hydroxylation is 2. The van der Waals surface area contributed by atoms with Crippen LogP contribution in [0.25, 0.3) is 0 Å². The lowest BCUT2D eigenvalue weighted by molar-refractivity contribution is -0.166. The van der Waals surface area contributed by atoms with Crippen LogP contribution >= 0.6 is 0 Å². The standard InChI is InChI=1S/2C22H28FNO3.C12H12O7.C8H8O/c2*1-26-20-5-3-4-19(22(20)27-2)21(25)17-11-14-24(15-12-17)13-10-16-6-8-18(23)9-7-16;1-6-2-4-7(5-3-6)12(18)19-9(11(16)17)8(13)10(14)15;1-7-2-4-8(6-9)5-3-7/h2*3-9,17,21,25H,10-15H2,1-2H3;2-5,8-9,13H,1H3,(H,14,15)(H,16,17);2-6H,1H3/t2*21-;8-,9-;/m110./s1. The fraction of sp³-hybridized carbons (Fsp3) is 0.375. The molecular formula is C64H76F2N2O14. The highest BCUT2D eigenvalue weighted by molar-refractivity contribution is 5.93. The first-order chi connectivity index (χ1) is 39.4. The number of aliphatic hydroxyl groups excluding tert-OH is 3. The Hall–Kier alpha value is -7.74. The van der Waals surface area contributed by atoms with Crippen molar-refractivity contribution >= 4 is 24.2 Å². The van der Waals surface area contributed by atoms with E-state index in [0.29, 0.717) is 23.0 Å². The zero-order chi connectivity index (χ0) is 59.7. The number of aliphatic carboxylic acids is 2. The van der Waals surface area contributed by atoms with Gasteiger partial charge in [0.25, 0.3) is 0 Å². The predicted molar refractivity (Wildman–Crippen MR) is 306 cm³/mol. The molecule has 0 radical (unpaired) electrons. The minimum Gasteiger partial charge on any atom is -0.493 e. The van der Waals surface area contributed by atoms with E-state index in [-0.39, 0.29) is 29.0 Å². The molecule has 0 amide bonds. The lowest BCUT2D eigenvalue weighted by Crippen LogP contribution is -2.43. The predicted octanol–water partition coefficient (Wildman–Crippen LogP) is 9.52. The molecular weight excluding hydrogens is 1060 g/mol. The van der Waals surface area contributed by atoms with Gasteiger partial charge in [-0.05, 0) is 150 Å². The van der Waals surface area contributed by atoms with E-state index in [9.17, 15) is 38.2 Å². The number of hydrogen-bond acceptors (Lipinski definition) is 14. The molecule has 16 nitrogen and oxygen atoms in total. The van der Waals surface area contributed by atoms with Crippen molar-refractivity contribution in [2.75, 3.05) is 67.7 Å². The summed E-state index contributed by atoms with van der Waals surface area (Å²) in [5.41, 5.74) is 6.76. The van der Waals surface area contributed by atoms with E-state index >= 15 is 0 Å². The summed E-state index contributed by atoms with van der Waals surface area (Å²) in [5.74, 6) is -2.01. The van der Waals surface area contributed by atoms with Crippen LogP contribution in [0.1, 0.15) is 92.0 Å². The number of carbonyl (C=O) groups excluding carboxylic acids is 2. The lowest BCUT2D eigenvalue weighted by Gasteiger charge is -2.34. The third-order valence-corrected chi connectivity index (χ3v) is 14.4. The highest BCUT2D eigenvalue weighted by Gasteiger charge is 2.36. The van der Waals surface area contributed by atoms with Gasteiger partial charge in [-0.15, -0.1) is 0 Å². The summed E-state index contributed by atoms with van der Waals surface area (Å²) in [4.78, 5) is 47.8. The highest BCUT2D eigenvalue weighted by atomic mass is 19.1. The molecule has 4 atom stereocenters. The maximum atomic E-state index is 13.0. The van der Waals surface area contributed by atoms with Crippen molar-refractivity contribution < 1.29 is 77.2 Å². The molecule has 6 aromatic carbocycles. The van der Waals surface area contributed by atoms with Gasteiger partial charge < -0.3 is 59.0 Å². The van der Waals surface area contributed by atoms with Crippen molar-refractivity contribution in [1.29, 1.82) is 0 Å². The monoisotopic (exact) mass is 1130 g/mol. The first kappa shape index (κ1) is 65.1. The summed E-state index contributed by atoms with van der Waals surface area (Å²) in [7, 11) is 6.42. The Morgan fingerprint density at radius 3 is 1.28 bits per heavy atom. The second-order valence-corrected chi connectivity index (χ2v) is 20.0. The Balaban J connectivity index is 0.000000212. The van der Waals surface area contributed by atoms with E-state index in [0.717, 1.165) is 117 Å². The Labute approximate surface area is 478 Å². The quantitative estimate of drug-likeness (QED) is 0.0355. The average Bonchev–Trinajstić information content (AvgIpc) is 3.53.